The molecule has 0 saturated heterocycles. The van der Waals surface area contributed by atoms with Crippen LogP contribution in [0, 0.1) is 0 Å². The van der Waals surface area contributed by atoms with Crippen LogP contribution in [0.5, 0.6) is 5.75 Å². The molecule has 1 aromatic carbocycles. The molecule has 14 heavy (non-hydrogen) atoms. The minimum Gasteiger partial charge on any atom is -0.497 e. The van der Waals surface area contributed by atoms with Gasteiger partial charge in [-0.25, -0.2) is 4.98 Å². The molecular formula is C11H12N2O. The van der Waals surface area contributed by atoms with Crippen LogP contribution in [-0.4, -0.2) is 16.7 Å². The van der Waals surface area contributed by atoms with E-state index in [4.69, 9.17) is 4.74 Å². The van der Waals surface area contributed by atoms with Crippen molar-refractivity contribution in [2.75, 3.05) is 7.11 Å². The maximum atomic E-state index is 5.21. The van der Waals surface area contributed by atoms with E-state index in [2.05, 4.69) is 15.6 Å². The summed E-state index contributed by atoms with van der Waals surface area (Å²) in [6, 6.07) is 6.06. The van der Waals surface area contributed by atoms with Crippen LogP contribution < -0.4 is 4.74 Å². The summed E-state index contributed by atoms with van der Waals surface area (Å²) in [5.74, 6) is 2.13. The maximum absolute atomic E-state index is 5.21. The first-order valence-electron chi connectivity index (χ1n) is 4.91. The fraction of sp³-hybridized carbons (Fsp3) is 0.364. The number of hydrogen-bond acceptors (Lipinski definition) is 2. The van der Waals surface area contributed by atoms with Crippen LogP contribution in [0.4, 0.5) is 0 Å². The van der Waals surface area contributed by atoms with Crippen molar-refractivity contribution < 1.29 is 4.74 Å². The van der Waals surface area contributed by atoms with Crippen LogP contribution in [0.2, 0.25) is 0 Å². The van der Waals surface area contributed by atoms with Gasteiger partial charge >= 0.3 is 0 Å². The van der Waals surface area contributed by atoms with Gasteiger partial charge in [-0.05, 0) is 18.6 Å². The molecule has 2 heterocycles. The fourth-order valence-electron chi connectivity index (χ4n) is 2.12. The average molecular weight is 188 g/mol. The third-order valence-corrected chi connectivity index (χ3v) is 2.82. The molecule has 1 aromatic heterocycles. The number of fused-ring (bicyclic) bond motifs is 3. The highest BCUT2D eigenvalue weighted by Gasteiger charge is 2.15. The first kappa shape index (κ1) is 7.85. The monoisotopic (exact) mass is 188 g/mol. The number of imidazole rings is 1. The maximum Gasteiger partial charge on any atom is 0.121 e. The highest BCUT2D eigenvalue weighted by Crippen LogP contribution is 2.25. The van der Waals surface area contributed by atoms with Crippen molar-refractivity contribution in [3.63, 3.8) is 0 Å². The second-order valence-corrected chi connectivity index (χ2v) is 3.64. The molecule has 3 rings (SSSR count). The minimum atomic E-state index is 0.909. The molecule has 2 aromatic rings. The Balaban J connectivity index is 2.29. The van der Waals surface area contributed by atoms with Gasteiger partial charge in [0.1, 0.15) is 11.6 Å². The topological polar surface area (TPSA) is 27.1 Å². The van der Waals surface area contributed by atoms with Gasteiger partial charge in [-0.15, -0.1) is 0 Å². The molecule has 1 aliphatic heterocycles. The Morgan fingerprint density at radius 2 is 2.36 bits per heavy atom. The zero-order chi connectivity index (χ0) is 9.54. The molecule has 0 atom stereocenters. The van der Waals surface area contributed by atoms with Crippen molar-refractivity contribution in [1.29, 1.82) is 0 Å². The van der Waals surface area contributed by atoms with E-state index < -0.39 is 0 Å². The Labute approximate surface area is 82.3 Å². The van der Waals surface area contributed by atoms with E-state index in [1.807, 2.05) is 12.1 Å². The Morgan fingerprint density at radius 3 is 3.21 bits per heavy atom. The van der Waals surface area contributed by atoms with Crippen molar-refractivity contribution in [2.45, 2.75) is 19.4 Å². The van der Waals surface area contributed by atoms with E-state index >= 15 is 0 Å². The molecule has 3 nitrogen and oxygen atoms in total. The largest absolute Gasteiger partial charge is 0.497 e. The smallest absolute Gasteiger partial charge is 0.121 e. The summed E-state index contributed by atoms with van der Waals surface area (Å²) in [6.45, 7) is 1.10. The van der Waals surface area contributed by atoms with E-state index in [0.717, 1.165) is 24.2 Å². The molecule has 0 saturated carbocycles. The SMILES string of the molecule is COc1ccc2nc3n(c2c1)CCC3. The van der Waals surface area contributed by atoms with E-state index in [1.165, 1.54) is 17.8 Å². The summed E-state index contributed by atoms with van der Waals surface area (Å²) in [7, 11) is 1.70. The lowest BCUT2D eigenvalue weighted by Gasteiger charge is -2.01. The van der Waals surface area contributed by atoms with Gasteiger partial charge in [0, 0.05) is 19.0 Å². The lowest BCUT2D eigenvalue weighted by atomic mass is 10.3. The highest BCUT2D eigenvalue weighted by molar-refractivity contribution is 5.78. The molecule has 1 aliphatic rings. The fourth-order valence-corrected chi connectivity index (χ4v) is 2.12. The van der Waals surface area contributed by atoms with Crippen LogP contribution in [0.1, 0.15) is 12.2 Å². The zero-order valence-electron chi connectivity index (χ0n) is 8.16. The number of nitrogens with zero attached hydrogens (tertiary/aromatic N) is 2. The molecule has 0 N–H and O–H groups in total. The Morgan fingerprint density at radius 1 is 1.43 bits per heavy atom. The number of hydrogen-bond donors (Lipinski definition) is 0. The summed E-state index contributed by atoms with van der Waals surface area (Å²) in [5, 5.41) is 0. The molecule has 0 aliphatic carbocycles. The van der Waals surface area contributed by atoms with Crippen LogP contribution in [0.15, 0.2) is 18.2 Å². The number of aryl methyl sites for hydroxylation is 2. The number of methoxy groups -OCH3 is 1. The first-order valence-corrected chi connectivity index (χ1v) is 4.91. The van der Waals surface area contributed by atoms with Crippen molar-refractivity contribution in [3.05, 3.63) is 24.0 Å². The van der Waals surface area contributed by atoms with E-state index in [1.54, 1.807) is 7.11 Å². The van der Waals surface area contributed by atoms with Crippen LogP contribution >= 0.6 is 0 Å². The number of ether oxygens (including phenoxy) is 1. The number of aromatic nitrogens is 2. The summed E-state index contributed by atoms with van der Waals surface area (Å²) in [4.78, 5) is 4.58. The standard InChI is InChI=1S/C11H12N2O/c1-14-8-4-5-9-10(7-8)13-6-2-3-11(13)12-9/h4-5,7H,2-3,6H2,1H3. The summed E-state index contributed by atoms with van der Waals surface area (Å²) >= 11 is 0. The lowest BCUT2D eigenvalue weighted by molar-refractivity contribution is 0.415. The molecule has 0 spiro atoms. The average Bonchev–Trinajstić information content (AvgIpc) is 2.76. The van der Waals surface area contributed by atoms with Gasteiger partial charge in [-0.1, -0.05) is 0 Å². The Kier molecular flexibility index (Phi) is 1.54. The van der Waals surface area contributed by atoms with Crippen LogP contribution in [0.3, 0.4) is 0 Å². The van der Waals surface area contributed by atoms with Crippen molar-refractivity contribution in [2.24, 2.45) is 0 Å². The minimum absolute atomic E-state index is 0.909. The molecule has 72 valence electrons. The van der Waals surface area contributed by atoms with Gasteiger partial charge in [0.05, 0.1) is 18.1 Å². The molecule has 0 unspecified atom stereocenters. The molecule has 0 radical (unpaired) electrons. The number of benzene rings is 1. The lowest BCUT2D eigenvalue weighted by Crippen LogP contribution is -1.91. The van der Waals surface area contributed by atoms with Gasteiger partial charge in [-0.3, -0.25) is 0 Å². The van der Waals surface area contributed by atoms with Crippen molar-refractivity contribution >= 4 is 11.0 Å². The summed E-state index contributed by atoms with van der Waals surface area (Å²) in [5.41, 5.74) is 2.29. The van der Waals surface area contributed by atoms with Crippen LogP contribution in [0.25, 0.3) is 11.0 Å². The second kappa shape index (κ2) is 2.74. The molecular weight excluding hydrogens is 176 g/mol. The Hall–Kier alpha value is -1.51. The van der Waals surface area contributed by atoms with Crippen LogP contribution in [-0.2, 0) is 13.0 Å². The molecule has 0 amide bonds. The third kappa shape index (κ3) is 0.953. The van der Waals surface area contributed by atoms with Gasteiger partial charge < -0.3 is 9.30 Å². The summed E-state index contributed by atoms with van der Waals surface area (Å²) in [6.07, 6.45) is 2.33. The van der Waals surface area contributed by atoms with Gasteiger partial charge in [-0.2, -0.15) is 0 Å². The van der Waals surface area contributed by atoms with Gasteiger partial charge in [0.15, 0.2) is 0 Å². The first-order chi connectivity index (χ1) is 6.88. The second-order valence-electron chi connectivity index (χ2n) is 3.64. The van der Waals surface area contributed by atoms with Crippen molar-refractivity contribution in [3.8, 4) is 5.75 Å². The van der Waals surface area contributed by atoms with Gasteiger partial charge in [0.2, 0.25) is 0 Å². The van der Waals surface area contributed by atoms with E-state index in [-0.39, 0.29) is 0 Å². The summed E-state index contributed by atoms with van der Waals surface area (Å²) < 4.78 is 7.50. The molecule has 0 fully saturated rings. The Bertz CT molecular complexity index is 487. The number of rotatable bonds is 1. The predicted octanol–water partition coefficient (Wildman–Crippen LogP) is 1.99. The van der Waals surface area contributed by atoms with E-state index in [0.29, 0.717) is 0 Å². The van der Waals surface area contributed by atoms with Gasteiger partial charge in [0.25, 0.3) is 0 Å². The highest BCUT2D eigenvalue weighted by atomic mass is 16.5. The zero-order valence-corrected chi connectivity index (χ0v) is 8.16. The molecule has 3 heteroatoms. The predicted molar refractivity (Wildman–Crippen MR) is 54.6 cm³/mol. The molecule has 0 bridgehead atoms. The van der Waals surface area contributed by atoms with E-state index in [9.17, 15) is 0 Å². The quantitative estimate of drug-likeness (QED) is 0.684. The normalized spacial score (nSPS) is 14.6. The van der Waals surface area contributed by atoms with Crippen molar-refractivity contribution in [1.82, 2.24) is 9.55 Å². The third-order valence-electron chi connectivity index (χ3n) is 2.82.